The zero-order chi connectivity index (χ0) is 22.7. The van der Waals surface area contributed by atoms with Crippen molar-refractivity contribution in [1.29, 1.82) is 0 Å². The Morgan fingerprint density at radius 1 is 1.22 bits per heavy atom. The number of imidazole rings is 1. The van der Waals surface area contributed by atoms with Gasteiger partial charge >= 0.3 is 0 Å². The number of fused-ring (bicyclic) bond motifs is 1. The molecule has 8 heteroatoms. The number of carbonyl (C=O) groups excluding carboxylic acids is 1. The molecule has 32 heavy (non-hydrogen) atoms. The molecule has 4 rings (SSSR count). The van der Waals surface area contributed by atoms with Crippen LogP contribution in [0.3, 0.4) is 0 Å². The van der Waals surface area contributed by atoms with Gasteiger partial charge in [-0.25, -0.2) is 14.4 Å². The summed E-state index contributed by atoms with van der Waals surface area (Å²) in [5.41, 5.74) is 3.76. The van der Waals surface area contributed by atoms with Crippen molar-refractivity contribution < 1.29 is 9.18 Å². The molecule has 0 aliphatic rings. The predicted octanol–water partition coefficient (Wildman–Crippen LogP) is 6.41. The number of thioether (sulfide) groups is 1. The molecular weight excluding hydrogens is 447 g/mol. The number of halogens is 2. The van der Waals surface area contributed by atoms with Crippen LogP contribution < -0.4 is 5.32 Å². The molecule has 0 aliphatic carbocycles. The summed E-state index contributed by atoms with van der Waals surface area (Å²) >= 11 is 7.67. The van der Waals surface area contributed by atoms with E-state index < -0.39 is 6.04 Å². The molecule has 5 nitrogen and oxygen atoms in total. The second-order valence-corrected chi connectivity index (χ2v) is 8.76. The molecule has 1 amide bonds. The van der Waals surface area contributed by atoms with E-state index in [2.05, 4.69) is 10.3 Å². The van der Waals surface area contributed by atoms with Crippen LogP contribution in [0.1, 0.15) is 30.5 Å². The smallest absolute Gasteiger partial charge is 0.247 e. The number of nitrogens with zero attached hydrogens (tertiary/aromatic N) is 3. The monoisotopic (exact) mass is 468 g/mol. The SMILES string of the molecule is CC[C@H](C(=O)Nc1ccc(C)c(Cl)c1)n1c(SCc2cccc(F)c2)nc2cccnc21. The number of benzene rings is 2. The molecule has 0 saturated heterocycles. The number of hydrogen-bond donors (Lipinski definition) is 1. The number of hydrogen-bond acceptors (Lipinski definition) is 4. The minimum atomic E-state index is -0.523. The number of amides is 1. The molecule has 164 valence electrons. The number of aromatic nitrogens is 3. The van der Waals surface area contributed by atoms with E-state index in [0.29, 0.717) is 39.2 Å². The lowest BCUT2D eigenvalue weighted by Crippen LogP contribution is -2.26. The topological polar surface area (TPSA) is 59.8 Å². The fourth-order valence-electron chi connectivity index (χ4n) is 3.45. The fraction of sp³-hybridized carbons (Fsp3) is 0.208. The molecule has 1 N–H and O–H groups in total. The van der Waals surface area contributed by atoms with E-state index in [9.17, 15) is 9.18 Å². The van der Waals surface area contributed by atoms with Crippen LogP contribution in [-0.4, -0.2) is 20.4 Å². The Morgan fingerprint density at radius 2 is 2.06 bits per heavy atom. The Bertz CT molecular complexity index is 1280. The van der Waals surface area contributed by atoms with Gasteiger partial charge in [0.05, 0.1) is 0 Å². The van der Waals surface area contributed by atoms with E-state index in [1.807, 2.05) is 48.7 Å². The first-order valence-corrected chi connectivity index (χ1v) is 11.6. The third-order valence-corrected chi connectivity index (χ3v) is 6.54. The molecule has 4 aromatic rings. The molecule has 2 heterocycles. The van der Waals surface area contributed by atoms with Gasteiger partial charge < -0.3 is 5.32 Å². The number of rotatable bonds is 7. The van der Waals surface area contributed by atoms with E-state index in [4.69, 9.17) is 16.6 Å². The highest BCUT2D eigenvalue weighted by Gasteiger charge is 2.25. The van der Waals surface area contributed by atoms with Gasteiger partial charge in [-0.15, -0.1) is 0 Å². The van der Waals surface area contributed by atoms with Crippen LogP contribution >= 0.6 is 23.4 Å². The molecule has 0 spiro atoms. The Hall–Kier alpha value is -2.90. The van der Waals surface area contributed by atoms with Crippen molar-refractivity contribution in [2.75, 3.05) is 5.32 Å². The second-order valence-electron chi connectivity index (χ2n) is 7.41. The van der Waals surface area contributed by atoms with Crippen LogP contribution in [0.4, 0.5) is 10.1 Å². The summed E-state index contributed by atoms with van der Waals surface area (Å²) in [6.45, 7) is 3.86. The van der Waals surface area contributed by atoms with Crippen molar-refractivity contribution >= 4 is 46.1 Å². The van der Waals surface area contributed by atoms with Crippen LogP contribution in [0.5, 0.6) is 0 Å². The van der Waals surface area contributed by atoms with Crippen LogP contribution in [0, 0.1) is 12.7 Å². The van der Waals surface area contributed by atoms with Crippen molar-refractivity contribution in [3.05, 3.63) is 82.8 Å². The highest BCUT2D eigenvalue weighted by Crippen LogP contribution is 2.31. The van der Waals surface area contributed by atoms with Crippen LogP contribution in [0.25, 0.3) is 11.2 Å². The van der Waals surface area contributed by atoms with Gasteiger partial charge in [-0.2, -0.15) is 0 Å². The summed E-state index contributed by atoms with van der Waals surface area (Å²) in [7, 11) is 0. The third-order valence-electron chi connectivity index (χ3n) is 5.11. The van der Waals surface area contributed by atoms with E-state index >= 15 is 0 Å². The molecular formula is C24H22ClFN4OS. The maximum atomic E-state index is 13.6. The maximum absolute atomic E-state index is 13.6. The standard InChI is InChI=1S/C24H22ClFN4OS/c1-3-21(23(31)28-18-10-9-15(2)19(25)13-18)30-22-20(8-5-11-27-22)29-24(30)32-14-16-6-4-7-17(26)12-16/h4-13,21H,3,14H2,1-2H3,(H,28,31)/t21-/m1/s1. The summed E-state index contributed by atoms with van der Waals surface area (Å²) in [6.07, 6.45) is 2.23. The molecule has 0 bridgehead atoms. The van der Waals surface area contributed by atoms with E-state index in [-0.39, 0.29) is 11.7 Å². The van der Waals surface area contributed by atoms with Crippen LogP contribution in [0.2, 0.25) is 5.02 Å². The maximum Gasteiger partial charge on any atom is 0.247 e. The van der Waals surface area contributed by atoms with E-state index in [1.54, 1.807) is 18.3 Å². The van der Waals surface area contributed by atoms with Crippen molar-refractivity contribution in [2.24, 2.45) is 0 Å². The van der Waals surface area contributed by atoms with Gasteiger partial charge in [0.1, 0.15) is 17.4 Å². The highest BCUT2D eigenvalue weighted by molar-refractivity contribution is 7.98. The second kappa shape index (κ2) is 9.71. The average molecular weight is 469 g/mol. The lowest BCUT2D eigenvalue weighted by atomic mass is 10.2. The Labute approximate surface area is 195 Å². The summed E-state index contributed by atoms with van der Waals surface area (Å²) in [4.78, 5) is 22.4. The molecule has 2 aromatic heterocycles. The molecule has 1 atom stereocenters. The van der Waals surface area contributed by atoms with Crippen LogP contribution in [0.15, 0.2) is 66.0 Å². The van der Waals surface area contributed by atoms with Gasteiger partial charge in [0, 0.05) is 22.7 Å². The Morgan fingerprint density at radius 3 is 2.81 bits per heavy atom. The van der Waals surface area contributed by atoms with E-state index in [1.165, 1.54) is 23.9 Å². The normalized spacial score (nSPS) is 12.1. The molecule has 2 aromatic carbocycles. The van der Waals surface area contributed by atoms with Crippen LogP contribution in [-0.2, 0) is 10.5 Å². The molecule has 0 radical (unpaired) electrons. The third kappa shape index (κ3) is 4.79. The van der Waals surface area contributed by atoms with Gasteiger partial charge in [-0.05, 0) is 60.9 Å². The quantitative estimate of drug-likeness (QED) is 0.318. The summed E-state index contributed by atoms with van der Waals surface area (Å²) in [5, 5.41) is 4.22. The number of pyridine rings is 1. The predicted molar refractivity (Wildman–Crippen MR) is 128 cm³/mol. The minimum absolute atomic E-state index is 0.176. The molecule has 0 unspecified atom stereocenters. The molecule has 0 aliphatic heterocycles. The van der Waals surface area contributed by atoms with E-state index in [0.717, 1.165) is 11.1 Å². The zero-order valence-electron chi connectivity index (χ0n) is 17.7. The van der Waals surface area contributed by atoms with Gasteiger partial charge in [-0.1, -0.05) is 48.5 Å². The minimum Gasteiger partial charge on any atom is -0.324 e. The first-order chi connectivity index (χ1) is 15.5. The Kier molecular flexibility index (Phi) is 6.77. The summed E-state index contributed by atoms with van der Waals surface area (Å²) in [6, 6.07) is 15.1. The average Bonchev–Trinajstić information content (AvgIpc) is 3.14. The van der Waals surface area contributed by atoms with Gasteiger partial charge in [-0.3, -0.25) is 9.36 Å². The summed E-state index contributed by atoms with van der Waals surface area (Å²) in [5.74, 6) is 0.0676. The van der Waals surface area contributed by atoms with Gasteiger partial charge in [0.15, 0.2) is 10.8 Å². The van der Waals surface area contributed by atoms with Crippen molar-refractivity contribution in [2.45, 2.75) is 37.2 Å². The number of carbonyl (C=O) groups is 1. The first-order valence-electron chi connectivity index (χ1n) is 10.2. The first kappa shape index (κ1) is 22.3. The largest absolute Gasteiger partial charge is 0.324 e. The highest BCUT2D eigenvalue weighted by atomic mass is 35.5. The number of nitrogens with one attached hydrogen (secondary N) is 1. The Balaban J connectivity index is 1.66. The zero-order valence-corrected chi connectivity index (χ0v) is 19.3. The van der Waals surface area contributed by atoms with Crippen molar-refractivity contribution in [3.63, 3.8) is 0 Å². The number of aryl methyl sites for hydroxylation is 1. The number of anilines is 1. The van der Waals surface area contributed by atoms with Gasteiger partial charge in [0.2, 0.25) is 5.91 Å². The lowest BCUT2D eigenvalue weighted by Gasteiger charge is -2.19. The van der Waals surface area contributed by atoms with Crippen molar-refractivity contribution in [3.8, 4) is 0 Å². The summed E-state index contributed by atoms with van der Waals surface area (Å²) < 4.78 is 15.5. The lowest BCUT2D eigenvalue weighted by molar-refractivity contribution is -0.119. The fourth-order valence-corrected chi connectivity index (χ4v) is 4.62. The molecule has 0 fully saturated rings. The van der Waals surface area contributed by atoms with Crippen molar-refractivity contribution in [1.82, 2.24) is 14.5 Å². The molecule has 0 saturated carbocycles. The van der Waals surface area contributed by atoms with Gasteiger partial charge in [0.25, 0.3) is 0 Å².